The fourth-order valence-electron chi connectivity index (χ4n) is 4.46. The first-order valence-electron chi connectivity index (χ1n) is 11.4. The molecule has 34 heavy (non-hydrogen) atoms. The zero-order valence-corrected chi connectivity index (χ0v) is 20.0. The fraction of sp³-hybridized carbons (Fsp3) is 0.280. The molecule has 0 bridgehead atoms. The van der Waals surface area contributed by atoms with Gasteiger partial charge in [-0.15, -0.1) is 0 Å². The molecule has 2 heterocycles. The quantitative estimate of drug-likeness (QED) is 0.381. The molecular formula is C25H24Cl2N6O. The predicted octanol–water partition coefficient (Wildman–Crippen LogP) is 5.55. The standard InChI is InChI=1S/C25H24Cl2N6O/c26-18-12-10-17(11-13-18)24-20(14-32-16-28-15-29-32)23(25(34)30-19-6-2-1-3-7-19)31-33(24)22-9-5-4-8-21(22)27/h4-5,8-13,15-16,19H,1-3,6-7,14H2,(H,30,34). The van der Waals surface area contributed by atoms with E-state index in [9.17, 15) is 4.79 Å². The highest BCUT2D eigenvalue weighted by atomic mass is 35.5. The number of para-hydroxylation sites is 1. The number of nitrogens with one attached hydrogen (secondary N) is 1. The molecule has 2 aromatic heterocycles. The van der Waals surface area contributed by atoms with Crippen molar-refractivity contribution in [2.24, 2.45) is 0 Å². The van der Waals surface area contributed by atoms with E-state index < -0.39 is 0 Å². The smallest absolute Gasteiger partial charge is 0.272 e. The molecule has 9 heteroatoms. The Hall–Kier alpha value is -3.16. The van der Waals surface area contributed by atoms with Crippen molar-refractivity contribution in [2.45, 2.75) is 44.7 Å². The summed E-state index contributed by atoms with van der Waals surface area (Å²) >= 11 is 12.7. The predicted molar refractivity (Wildman–Crippen MR) is 132 cm³/mol. The van der Waals surface area contributed by atoms with E-state index in [2.05, 4.69) is 15.4 Å². The largest absolute Gasteiger partial charge is 0.348 e. The summed E-state index contributed by atoms with van der Waals surface area (Å²) in [6, 6.07) is 15.1. The Balaban J connectivity index is 1.68. The lowest BCUT2D eigenvalue weighted by Gasteiger charge is -2.22. The molecule has 174 valence electrons. The lowest BCUT2D eigenvalue weighted by molar-refractivity contribution is 0.0921. The molecule has 0 spiro atoms. The van der Waals surface area contributed by atoms with Crippen LogP contribution in [0.4, 0.5) is 0 Å². The van der Waals surface area contributed by atoms with Crippen molar-refractivity contribution >= 4 is 29.1 Å². The van der Waals surface area contributed by atoms with Crippen molar-refractivity contribution in [2.75, 3.05) is 0 Å². The Bertz CT molecular complexity index is 1280. The third kappa shape index (κ3) is 4.72. The molecule has 0 unspecified atom stereocenters. The lowest BCUT2D eigenvalue weighted by Crippen LogP contribution is -2.37. The van der Waals surface area contributed by atoms with Crippen molar-refractivity contribution in [1.82, 2.24) is 29.9 Å². The molecule has 1 aliphatic carbocycles. The summed E-state index contributed by atoms with van der Waals surface area (Å²) in [5, 5.41) is 13.4. The number of hydrogen-bond donors (Lipinski definition) is 1. The summed E-state index contributed by atoms with van der Waals surface area (Å²) in [6.07, 6.45) is 8.54. The normalized spacial score (nSPS) is 14.3. The van der Waals surface area contributed by atoms with Crippen LogP contribution < -0.4 is 5.32 Å². The maximum absolute atomic E-state index is 13.5. The second kappa shape index (κ2) is 9.99. The number of nitrogens with zero attached hydrogens (tertiary/aromatic N) is 5. The van der Waals surface area contributed by atoms with E-state index in [1.165, 1.54) is 12.7 Å². The van der Waals surface area contributed by atoms with E-state index in [4.69, 9.17) is 28.3 Å². The minimum atomic E-state index is -0.192. The maximum atomic E-state index is 13.5. The van der Waals surface area contributed by atoms with Crippen LogP contribution in [-0.2, 0) is 6.54 Å². The van der Waals surface area contributed by atoms with E-state index in [1.54, 1.807) is 15.7 Å². The number of carbonyl (C=O) groups is 1. The van der Waals surface area contributed by atoms with Crippen LogP contribution in [0.3, 0.4) is 0 Å². The molecule has 1 amide bonds. The minimum Gasteiger partial charge on any atom is -0.348 e. The third-order valence-electron chi connectivity index (χ3n) is 6.12. The minimum absolute atomic E-state index is 0.157. The zero-order valence-electron chi connectivity index (χ0n) is 18.5. The van der Waals surface area contributed by atoms with Gasteiger partial charge in [0.2, 0.25) is 0 Å². The Kier molecular flexibility index (Phi) is 6.65. The maximum Gasteiger partial charge on any atom is 0.272 e. The summed E-state index contributed by atoms with van der Waals surface area (Å²) in [6.45, 7) is 0.329. The molecule has 0 radical (unpaired) electrons. The van der Waals surface area contributed by atoms with Crippen molar-refractivity contribution < 1.29 is 4.79 Å². The number of carbonyl (C=O) groups excluding carboxylic acids is 1. The van der Waals surface area contributed by atoms with Gasteiger partial charge in [-0.2, -0.15) is 10.2 Å². The molecule has 1 N–H and O–H groups in total. The van der Waals surface area contributed by atoms with Gasteiger partial charge in [-0.05, 0) is 37.1 Å². The van der Waals surface area contributed by atoms with Crippen molar-refractivity contribution in [3.05, 3.63) is 82.5 Å². The van der Waals surface area contributed by atoms with Gasteiger partial charge in [0.1, 0.15) is 12.7 Å². The van der Waals surface area contributed by atoms with E-state index in [1.807, 2.05) is 48.5 Å². The number of benzene rings is 2. The summed E-state index contributed by atoms with van der Waals surface area (Å²) in [7, 11) is 0. The number of amides is 1. The van der Waals surface area contributed by atoms with Crippen LogP contribution in [0.5, 0.6) is 0 Å². The molecular weight excluding hydrogens is 471 g/mol. The average molecular weight is 495 g/mol. The Morgan fingerprint density at radius 3 is 2.50 bits per heavy atom. The summed E-state index contributed by atoms with van der Waals surface area (Å²) < 4.78 is 3.43. The van der Waals surface area contributed by atoms with Gasteiger partial charge in [0.25, 0.3) is 5.91 Å². The van der Waals surface area contributed by atoms with E-state index in [0.717, 1.165) is 42.5 Å². The zero-order chi connectivity index (χ0) is 23.5. The van der Waals surface area contributed by atoms with Crippen LogP contribution in [0.15, 0.2) is 61.2 Å². The topological polar surface area (TPSA) is 77.6 Å². The summed E-state index contributed by atoms with van der Waals surface area (Å²) in [4.78, 5) is 17.6. The first-order valence-corrected chi connectivity index (χ1v) is 12.1. The molecule has 1 fully saturated rings. The van der Waals surface area contributed by atoms with Gasteiger partial charge in [-0.25, -0.2) is 14.3 Å². The van der Waals surface area contributed by atoms with Gasteiger partial charge in [-0.1, -0.05) is 66.7 Å². The molecule has 2 aromatic carbocycles. The molecule has 7 nitrogen and oxygen atoms in total. The highest BCUT2D eigenvalue weighted by Gasteiger charge is 2.27. The summed E-state index contributed by atoms with van der Waals surface area (Å²) in [5.41, 5.74) is 3.40. The number of hydrogen-bond acceptors (Lipinski definition) is 4. The van der Waals surface area contributed by atoms with E-state index in [-0.39, 0.29) is 11.9 Å². The first-order chi connectivity index (χ1) is 16.6. The fourth-order valence-corrected chi connectivity index (χ4v) is 4.80. The van der Waals surface area contributed by atoms with Crippen molar-refractivity contribution in [3.8, 4) is 16.9 Å². The monoisotopic (exact) mass is 494 g/mol. The third-order valence-corrected chi connectivity index (χ3v) is 6.70. The molecule has 0 aliphatic heterocycles. The van der Waals surface area contributed by atoms with E-state index >= 15 is 0 Å². The second-order valence-electron chi connectivity index (χ2n) is 8.45. The van der Waals surface area contributed by atoms with Gasteiger partial charge in [0.05, 0.1) is 22.9 Å². The SMILES string of the molecule is O=C(NC1CCCCC1)c1nn(-c2ccccc2Cl)c(-c2ccc(Cl)cc2)c1Cn1cncn1. The van der Waals surface area contributed by atoms with Gasteiger partial charge in [0, 0.05) is 22.2 Å². The average Bonchev–Trinajstić information content (AvgIpc) is 3.49. The number of halogens is 2. The van der Waals surface area contributed by atoms with Gasteiger partial charge >= 0.3 is 0 Å². The second-order valence-corrected chi connectivity index (χ2v) is 9.29. The van der Waals surface area contributed by atoms with Crippen LogP contribution in [0.1, 0.15) is 48.2 Å². The van der Waals surface area contributed by atoms with Gasteiger partial charge in [0.15, 0.2) is 5.69 Å². The molecule has 1 saturated carbocycles. The highest BCUT2D eigenvalue weighted by Crippen LogP contribution is 2.33. The molecule has 5 rings (SSSR count). The number of aromatic nitrogens is 5. The lowest BCUT2D eigenvalue weighted by atomic mass is 9.95. The Labute approximate surface area is 207 Å². The van der Waals surface area contributed by atoms with Crippen LogP contribution in [0, 0.1) is 0 Å². The van der Waals surface area contributed by atoms with Gasteiger partial charge < -0.3 is 5.32 Å². The molecule has 1 aliphatic rings. The van der Waals surface area contributed by atoms with Crippen LogP contribution >= 0.6 is 23.2 Å². The molecule has 0 saturated heterocycles. The summed E-state index contributed by atoms with van der Waals surface area (Å²) in [5.74, 6) is -0.192. The van der Waals surface area contributed by atoms with Crippen LogP contribution in [0.25, 0.3) is 16.9 Å². The van der Waals surface area contributed by atoms with Crippen LogP contribution in [-0.4, -0.2) is 36.5 Å². The van der Waals surface area contributed by atoms with Gasteiger partial charge in [-0.3, -0.25) is 4.79 Å². The highest BCUT2D eigenvalue weighted by molar-refractivity contribution is 6.32. The Morgan fingerprint density at radius 2 is 1.79 bits per heavy atom. The van der Waals surface area contributed by atoms with Crippen LogP contribution in [0.2, 0.25) is 10.0 Å². The molecule has 0 atom stereocenters. The molecule has 4 aromatic rings. The van der Waals surface area contributed by atoms with Crippen molar-refractivity contribution in [3.63, 3.8) is 0 Å². The Morgan fingerprint density at radius 1 is 1.03 bits per heavy atom. The van der Waals surface area contributed by atoms with Crippen molar-refractivity contribution in [1.29, 1.82) is 0 Å². The first kappa shape index (κ1) is 22.6. The van der Waals surface area contributed by atoms with E-state index in [0.29, 0.717) is 28.0 Å². The number of rotatable bonds is 6.